The molecule has 1 aliphatic heterocycles. The van der Waals surface area contributed by atoms with Crippen molar-refractivity contribution in [3.05, 3.63) is 77.4 Å². The number of amides is 2. The average Bonchev–Trinajstić information content (AvgIpc) is 3.01. The summed E-state index contributed by atoms with van der Waals surface area (Å²) in [7, 11) is 0. The number of ether oxygens (including phenoxy) is 1. The normalized spacial score (nSPS) is 17.6. The maximum atomic E-state index is 12.7. The molecule has 0 radical (unpaired) electrons. The Balaban J connectivity index is 1.80. The smallest absolute Gasteiger partial charge is 0.417 e. The van der Waals surface area contributed by atoms with Gasteiger partial charge >= 0.3 is 12.3 Å². The molecule has 0 unspecified atom stereocenters. The number of carbonyl (C=O) groups excluding carboxylic acids is 2. The molecule has 0 saturated carbocycles. The second-order valence-corrected chi connectivity index (χ2v) is 5.67. The van der Waals surface area contributed by atoms with Crippen LogP contribution in [0.3, 0.4) is 0 Å². The van der Waals surface area contributed by atoms with Crippen molar-refractivity contribution in [3.63, 3.8) is 0 Å². The number of hydrogen-bond donors (Lipinski definition) is 0. The number of halogens is 3. The van der Waals surface area contributed by atoms with Crippen molar-refractivity contribution < 1.29 is 27.5 Å². The fourth-order valence-corrected chi connectivity index (χ4v) is 2.65. The molecule has 1 saturated heterocycles. The highest BCUT2D eigenvalue weighted by atomic mass is 19.4. The lowest BCUT2D eigenvalue weighted by molar-refractivity contribution is -0.137. The highest BCUT2D eigenvalue weighted by Gasteiger charge is 2.37. The number of imide groups is 1. The highest BCUT2D eigenvalue weighted by molar-refractivity contribution is 6.02. The minimum Gasteiger partial charge on any atom is -0.446 e. The van der Waals surface area contributed by atoms with Crippen LogP contribution in [0.4, 0.5) is 18.0 Å². The summed E-state index contributed by atoms with van der Waals surface area (Å²) in [6.07, 6.45) is -2.94. The lowest BCUT2D eigenvalue weighted by Crippen LogP contribution is -2.32. The zero-order valence-corrected chi connectivity index (χ0v) is 13.4. The van der Waals surface area contributed by atoms with E-state index in [2.05, 4.69) is 0 Å². The van der Waals surface area contributed by atoms with Gasteiger partial charge in [-0.3, -0.25) is 4.79 Å². The summed E-state index contributed by atoms with van der Waals surface area (Å²) < 4.78 is 43.2. The fourth-order valence-electron chi connectivity index (χ4n) is 2.65. The third-order valence-corrected chi connectivity index (χ3v) is 3.93. The molecule has 0 N–H and O–H groups in total. The van der Waals surface area contributed by atoms with Gasteiger partial charge in [0.05, 0.1) is 5.56 Å². The zero-order valence-electron chi connectivity index (χ0n) is 13.4. The van der Waals surface area contributed by atoms with Crippen LogP contribution in [0, 0.1) is 0 Å². The molecule has 0 spiro atoms. The maximum Gasteiger partial charge on any atom is 0.417 e. The first-order chi connectivity index (χ1) is 12.4. The second-order valence-electron chi connectivity index (χ2n) is 5.67. The maximum absolute atomic E-state index is 12.7. The van der Waals surface area contributed by atoms with Gasteiger partial charge in [0, 0.05) is 6.08 Å². The number of hydrogen-bond acceptors (Lipinski definition) is 3. The molecule has 1 heterocycles. The van der Waals surface area contributed by atoms with Crippen molar-refractivity contribution in [1.82, 2.24) is 4.90 Å². The predicted molar refractivity (Wildman–Crippen MR) is 87.9 cm³/mol. The molecule has 2 aromatic carbocycles. The Morgan fingerprint density at radius 3 is 2.54 bits per heavy atom. The van der Waals surface area contributed by atoms with Crippen LogP contribution in [0.5, 0.6) is 0 Å². The van der Waals surface area contributed by atoms with Crippen LogP contribution in [0.15, 0.2) is 60.7 Å². The van der Waals surface area contributed by atoms with Crippen LogP contribution < -0.4 is 0 Å². The van der Waals surface area contributed by atoms with Crippen LogP contribution in [0.25, 0.3) is 6.08 Å². The predicted octanol–water partition coefficient (Wildman–Crippen LogP) is 4.44. The van der Waals surface area contributed by atoms with Crippen molar-refractivity contribution in [1.29, 1.82) is 0 Å². The van der Waals surface area contributed by atoms with Gasteiger partial charge < -0.3 is 4.74 Å². The van der Waals surface area contributed by atoms with Crippen molar-refractivity contribution >= 4 is 18.1 Å². The lowest BCUT2D eigenvalue weighted by atomic mass is 10.1. The summed E-state index contributed by atoms with van der Waals surface area (Å²) in [6.45, 7) is 0.0337. The Kier molecular flexibility index (Phi) is 4.79. The second kappa shape index (κ2) is 7.03. The van der Waals surface area contributed by atoms with E-state index in [4.69, 9.17) is 4.74 Å². The molecule has 3 rings (SSSR count). The van der Waals surface area contributed by atoms with Crippen molar-refractivity contribution in [2.45, 2.75) is 12.2 Å². The van der Waals surface area contributed by atoms with Crippen LogP contribution in [-0.2, 0) is 15.7 Å². The van der Waals surface area contributed by atoms with Crippen LogP contribution in [0.1, 0.15) is 22.7 Å². The van der Waals surface area contributed by atoms with Gasteiger partial charge in [0.1, 0.15) is 12.6 Å². The van der Waals surface area contributed by atoms with Crippen molar-refractivity contribution in [2.75, 3.05) is 6.61 Å². The fraction of sp³-hybridized carbons (Fsp3) is 0.158. The molecule has 1 fully saturated rings. The third-order valence-electron chi connectivity index (χ3n) is 3.93. The SMILES string of the molecule is O=C(C=Cc1cccc(C(F)(F)F)c1)N1C(=O)OC[C@@H]1c1ccccc1. The molecule has 4 nitrogen and oxygen atoms in total. The first-order valence-electron chi connectivity index (χ1n) is 7.76. The van der Waals surface area contributed by atoms with Crippen LogP contribution in [-0.4, -0.2) is 23.5 Å². The third kappa shape index (κ3) is 3.77. The first-order valence-corrected chi connectivity index (χ1v) is 7.76. The molecule has 0 bridgehead atoms. The summed E-state index contributed by atoms with van der Waals surface area (Å²) in [6, 6.07) is 12.9. The van der Waals surface area contributed by atoms with Gasteiger partial charge in [-0.05, 0) is 29.3 Å². The summed E-state index contributed by atoms with van der Waals surface area (Å²) in [5, 5.41) is 0. The van der Waals surface area contributed by atoms with Gasteiger partial charge in [-0.2, -0.15) is 13.2 Å². The Morgan fingerprint density at radius 2 is 1.85 bits per heavy atom. The molecule has 7 heteroatoms. The number of carbonyl (C=O) groups is 2. The zero-order chi connectivity index (χ0) is 18.7. The summed E-state index contributed by atoms with van der Waals surface area (Å²) in [5.41, 5.74) is 0.131. The topological polar surface area (TPSA) is 46.6 Å². The minimum absolute atomic E-state index is 0.0337. The molecule has 0 aromatic heterocycles. The van der Waals surface area contributed by atoms with E-state index < -0.39 is 29.8 Å². The van der Waals surface area contributed by atoms with E-state index in [-0.39, 0.29) is 12.2 Å². The van der Waals surface area contributed by atoms with E-state index in [1.165, 1.54) is 18.2 Å². The molecule has 1 atom stereocenters. The van der Waals surface area contributed by atoms with Crippen LogP contribution in [0.2, 0.25) is 0 Å². The minimum atomic E-state index is -4.47. The summed E-state index contributed by atoms with van der Waals surface area (Å²) in [4.78, 5) is 25.3. The van der Waals surface area contributed by atoms with Crippen molar-refractivity contribution in [3.8, 4) is 0 Å². The standard InChI is InChI=1S/C19H14F3NO3/c20-19(21,22)15-8-4-5-13(11-15)9-10-17(24)23-16(12-26-18(23)25)14-6-2-1-3-7-14/h1-11,16H,12H2/t16-/m1/s1. The highest BCUT2D eigenvalue weighted by Crippen LogP contribution is 2.30. The van der Waals surface area contributed by atoms with Crippen molar-refractivity contribution in [2.24, 2.45) is 0 Å². The quantitative estimate of drug-likeness (QED) is 0.760. The van der Waals surface area contributed by atoms with E-state index in [0.29, 0.717) is 0 Å². The lowest BCUT2D eigenvalue weighted by Gasteiger charge is -2.18. The number of cyclic esters (lactones) is 1. The molecular formula is C19H14F3NO3. The van der Waals surface area contributed by atoms with Gasteiger partial charge in [0.2, 0.25) is 0 Å². The molecular weight excluding hydrogens is 347 g/mol. The number of benzene rings is 2. The average molecular weight is 361 g/mol. The van der Waals surface area contributed by atoms with Gasteiger partial charge in [-0.25, -0.2) is 9.69 Å². The number of nitrogens with zero attached hydrogens (tertiary/aromatic N) is 1. The largest absolute Gasteiger partial charge is 0.446 e. The van der Waals surface area contributed by atoms with E-state index in [0.717, 1.165) is 28.7 Å². The first kappa shape index (κ1) is 17.7. The molecule has 2 amide bonds. The molecule has 2 aromatic rings. The monoisotopic (exact) mass is 361 g/mol. The van der Waals surface area contributed by atoms with E-state index in [1.54, 1.807) is 30.3 Å². The number of alkyl halides is 3. The van der Waals surface area contributed by atoms with Gasteiger partial charge in [-0.1, -0.05) is 42.5 Å². The Hall–Kier alpha value is -3.09. The Bertz CT molecular complexity index is 847. The molecule has 1 aliphatic rings. The Labute approximate surface area is 147 Å². The molecule has 134 valence electrons. The van der Waals surface area contributed by atoms with E-state index in [9.17, 15) is 22.8 Å². The van der Waals surface area contributed by atoms with E-state index in [1.807, 2.05) is 0 Å². The molecule has 26 heavy (non-hydrogen) atoms. The summed E-state index contributed by atoms with van der Waals surface area (Å²) >= 11 is 0. The number of rotatable bonds is 3. The van der Waals surface area contributed by atoms with Gasteiger partial charge in [0.25, 0.3) is 5.91 Å². The van der Waals surface area contributed by atoms with Gasteiger partial charge in [-0.15, -0.1) is 0 Å². The summed E-state index contributed by atoms with van der Waals surface area (Å²) in [5.74, 6) is -0.654. The van der Waals surface area contributed by atoms with Crippen LogP contribution >= 0.6 is 0 Å². The van der Waals surface area contributed by atoms with Gasteiger partial charge in [0.15, 0.2) is 0 Å². The molecule has 0 aliphatic carbocycles. The van der Waals surface area contributed by atoms with E-state index >= 15 is 0 Å². The Morgan fingerprint density at radius 1 is 1.12 bits per heavy atom.